The number of rotatable bonds is 11. The predicted octanol–water partition coefficient (Wildman–Crippen LogP) is 5.61. The van der Waals surface area contributed by atoms with Crippen LogP contribution < -0.4 is 0 Å². The number of aliphatic carboxylic acids is 1. The van der Waals surface area contributed by atoms with E-state index in [-0.39, 0.29) is 37.6 Å². The minimum atomic E-state index is -1.47. The molecule has 35 heavy (non-hydrogen) atoms. The Bertz CT molecular complexity index is 1170. The van der Waals surface area contributed by atoms with Gasteiger partial charge in [0.25, 0.3) is 0 Å². The highest BCUT2D eigenvalue weighted by Gasteiger charge is 2.45. The first-order chi connectivity index (χ1) is 17.1. The van der Waals surface area contributed by atoms with E-state index in [9.17, 15) is 9.90 Å². The molecule has 0 spiro atoms. The van der Waals surface area contributed by atoms with Gasteiger partial charge in [0.15, 0.2) is 11.5 Å². The Kier molecular flexibility index (Phi) is 7.98. The van der Waals surface area contributed by atoms with Gasteiger partial charge in [0.2, 0.25) is 5.79 Å². The van der Waals surface area contributed by atoms with Crippen molar-refractivity contribution in [1.29, 1.82) is 0 Å². The first-order valence-corrected chi connectivity index (χ1v) is 11.3. The molecule has 1 unspecified atom stereocenters. The SMILES string of the molecule is COC1(OCc2ccccc2)CC(C(=O)O)=CC(OCc2ccccc2)=C1OCc1ccccc1. The van der Waals surface area contributed by atoms with Crippen molar-refractivity contribution in [3.63, 3.8) is 0 Å². The number of benzene rings is 3. The molecule has 0 amide bonds. The van der Waals surface area contributed by atoms with Crippen LogP contribution in [0.3, 0.4) is 0 Å². The highest BCUT2D eigenvalue weighted by Crippen LogP contribution is 2.40. The molecule has 3 aromatic carbocycles. The lowest BCUT2D eigenvalue weighted by Crippen LogP contribution is -2.42. The highest BCUT2D eigenvalue weighted by molar-refractivity contribution is 5.88. The van der Waals surface area contributed by atoms with Crippen LogP contribution in [0.2, 0.25) is 0 Å². The average Bonchev–Trinajstić information content (AvgIpc) is 2.91. The molecule has 0 aliphatic heterocycles. The van der Waals surface area contributed by atoms with Crippen LogP contribution in [-0.4, -0.2) is 24.0 Å². The number of methoxy groups -OCH3 is 1. The summed E-state index contributed by atoms with van der Waals surface area (Å²) < 4.78 is 24.5. The molecule has 180 valence electrons. The van der Waals surface area contributed by atoms with Crippen molar-refractivity contribution in [2.45, 2.75) is 32.0 Å². The number of allylic oxidation sites excluding steroid dienone is 1. The summed E-state index contributed by atoms with van der Waals surface area (Å²) >= 11 is 0. The zero-order valence-corrected chi connectivity index (χ0v) is 19.6. The van der Waals surface area contributed by atoms with Crippen LogP contribution >= 0.6 is 0 Å². The van der Waals surface area contributed by atoms with Crippen molar-refractivity contribution in [3.05, 3.63) is 131 Å². The van der Waals surface area contributed by atoms with Crippen molar-refractivity contribution in [2.75, 3.05) is 7.11 Å². The first-order valence-electron chi connectivity index (χ1n) is 11.3. The van der Waals surface area contributed by atoms with Gasteiger partial charge in [0, 0.05) is 19.1 Å². The second-order valence-corrected chi connectivity index (χ2v) is 8.12. The molecule has 1 N–H and O–H groups in total. The standard InChI is InChI=1S/C29H28O6/c1-32-29(35-21-24-15-9-4-10-16-24)18-25(28(30)31)17-26(33-19-22-11-5-2-6-12-22)27(29)34-20-23-13-7-3-8-14-23/h2-17H,18-21H2,1H3,(H,30,31). The minimum Gasteiger partial charge on any atom is -0.485 e. The van der Waals surface area contributed by atoms with Crippen LogP contribution in [0.5, 0.6) is 0 Å². The van der Waals surface area contributed by atoms with E-state index in [1.807, 2.05) is 91.0 Å². The molecule has 0 saturated carbocycles. The number of ether oxygens (including phenoxy) is 4. The molecule has 6 heteroatoms. The first kappa shape index (κ1) is 24.3. The Morgan fingerprint density at radius 3 is 1.74 bits per heavy atom. The number of hydrogen-bond donors (Lipinski definition) is 1. The Morgan fingerprint density at radius 1 is 0.771 bits per heavy atom. The van der Waals surface area contributed by atoms with Gasteiger partial charge in [-0.1, -0.05) is 91.0 Å². The molecular weight excluding hydrogens is 444 g/mol. The molecule has 1 aliphatic rings. The number of carboxylic acids is 1. The third kappa shape index (κ3) is 6.18. The van der Waals surface area contributed by atoms with E-state index in [4.69, 9.17) is 18.9 Å². The van der Waals surface area contributed by atoms with Gasteiger partial charge >= 0.3 is 5.97 Å². The maximum absolute atomic E-state index is 12.0. The van der Waals surface area contributed by atoms with Gasteiger partial charge in [0.05, 0.1) is 6.61 Å². The molecule has 0 saturated heterocycles. The van der Waals surface area contributed by atoms with E-state index in [0.29, 0.717) is 5.76 Å². The number of carboxylic acid groups (broad SMARTS) is 1. The van der Waals surface area contributed by atoms with Crippen molar-refractivity contribution < 1.29 is 28.8 Å². The summed E-state index contributed by atoms with van der Waals surface area (Å²) in [4.78, 5) is 12.0. The fourth-order valence-electron chi connectivity index (χ4n) is 3.80. The minimum absolute atomic E-state index is 0.0337. The number of hydrogen-bond acceptors (Lipinski definition) is 5. The Hall–Kier alpha value is -3.87. The lowest BCUT2D eigenvalue weighted by atomic mass is 9.95. The van der Waals surface area contributed by atoms with Crippen LogP contribution in [0, 0.1) is 0 Å². The summed E-state index contributed by atoms with van der Waals surface area (Å²) in [6.07, 6.45) is 1.46. The monoisotopic (exact) mass is 472 g/mol. The Morgan fingerprint density at radius 2 is 1.26 bits per heavy atom. The van der Waals surface area contributed by atoms with Crippen molar-refractivity contribution in [1.82, 2.24) is 0 Å². The predicted molar refractivity (Wildman–Crippen MR) is 131 cm³/mol. The van der Waals surface area contributed by atoms with Gasteiger partial charge in [-0.25, -0.2) is 4.79 Å². The summed E-state index contributed by atoms with van der Waals surface area (Å²) in [5, 5.41) is 9.85. The molecule has 0 fully saturated rings. The molecule has 0 radical (unpaired) electrons. The van der Waals surface area contributed by atoms with E-state index in [0.717, 1.165) is 16.7 Å². The zero-order chi connectivity index (χ0) is 24.5. The summed E-state index contributed by atoms with van der Waals surface area (Å²) in [5.74, 6) is -1.97. The van der Waals surface area contributed by atoms with E-state index in [2.05, 4.69) is 0 Å². The van der Waals surface area contributed by atoms with Gasteiger partial charge in [-0.3, -0.25) is 0 Å². The number of carbonyl (C=O) groups is 1. The van der Waals surface area contributed by atoms with Gasteiger partial charge in [0.1, 0.15) is 13.2 Å². The van der Waals surface area contributed by atoms with Crippen LogP contribution in [0.1, 0.15) is 23.1 Å². The molecule has 1 aliphatic carbocycles. The molecule has 0 aromatic heterocycles. The molecule has 4 rings (SSSR count). The van der Waals surface area contributed by atoms with Crippen molar-refractivity contribution in [2.24, 2.45) is 0 Å². The van der Waals surface area contributed by atoms with Crippen LogP contribution in [0.25, 0.3) is 0 Å². The Labute approximate surface area is 205 Å². The fourth-order valence-corrected chi connectivity index (χ4v) is 3.80. The second-order valence-electron chi connectivity index (χ2n) is 8.12. The summed E-state index contributed by atoms with van der Waals surface area (Å²) in [7, 11) is 1.48. The van der Waals surface area contributed by atoms with E-state index in [1.54, 1.807) is 0 Å². The van der Waals surface area contributed by atoms with Crippen molar-refractivity contribution in [3.8, 4) is 0 Å². The normalized spacial score (nSPS) is 17.6. The molecule has 1 atom stereocenters. The highest BCUT2D eigenvalue weighted by atomic mass is 16.7. The van der Waals surface area contributed by atoms with Crippen LogP contribution in [0.4, 0.5) is 0 Å². The molecule has 6 nitrogen and oxygen atoms in total. The van der Waals surface area contributed by atoms with E-state index >= 15 is 0 Å². The van der Waals surface area contributed by atoms with Crippen molar-refractivity contribution >= 4 is 5.97 Å². The van der Waals surface area contributed by atoms with E-state index < -0.39 is 11.8 Å². The largest absolute Gasteiger partial charge is 0.485 e. The molecule has 0 heterocycles. The Balaban J connectivity index is 1.70. The maximum Gasteiger partial charge on any atom is 0.331 e. The summed E-state index contributed by atoms with van der Waals surface area (Å²) in [6.45, 7) is 0.673. The smallest absolute Gasteiger partial charge is 0.331 e. The molecule has 0 bridgehead atoms. The summed E-state index contributed by atoms with van der Waals surface area (Å²) in [6, 6.07) is 28.9. The van der Waals surface area contributed by atoms with Crippen LogP contribution in [0.15, 0.2) is 114 Å². The van der Waals surface area contributed by atoms with Gasteiger partial charge in [-0.05, 0) is 22.8 Å². The fraction of sp³-hybridized carbons (Fsp3) is 0.207. The van der Waals surface area contributed by atoms with Crippen LogP contribution in [-0.2, 0) is 43.6 Å². The van der Waals surface area contributed by atoms with Gasteiger partial charge in [-0.15, -0.1) is 0 Å². The summed E-state index contributed by atoms with van der Waals surface area (Å²) in [5.41, 5.74) is 2.91. The molecular formula is C29H28O6. The zero-order valence-electron chi connectivity index (χ0n) is 19.6. The molecule has 3 aromatic rings. The third-order valence-electron chi connectivity index (χ3n) is 5.68. The topological polar surface area (TPSA) is 74.2 Å². The lowest BCUT2D eigenvalue weighted by Gasteiger charge is -2.37. The van der Waals surface area contributed by atoms with Gasteiger partial charge in [-0.2, -0.15) is 0 Å². The lowest BCUT2D eigenvalue weighted by molar-refractivity contribution is -0.229. The maximum atomic E-state index is 12.0. The third-order valence-corrected chi connectivity index (χ3v) is 5.68. The van der Waals surface area contributed by atoms with Gasteiger partial charge < -0.3 is 24.1 Å². The second kappa shape index (κ2) is 11.5. The van der Waals surface area contributed by atoms with E-state index in [1.165, 1.54) is 13.2 Å². The average molecular weight is 473 g/mol. The quantitative estimate of drug-likeness (QED) is 0.366.